The average Bonchev–Trinajstić information content (AvgIpc) is 2.25. The lowest BCUT2D eigenvalue weighted by molar-refractivity contribution is -0.149. The summed E-state index contributed by atoms with van der Waals surface area (Å²) in [6.07, 6.45) is 0.287. The Labute approximate surface area is 129 Å². The number of urea groups is 1. The SMILES string of the molecule is CCCC(Cl)N(C(=O)NC(C)(C)C)[C@@H](CC(=O)O)C(=O)O. The van der Waals surface area contributed by atoms with Crippen molar-refractivity contribution in [3.63, 3.8) is 0 Å². The molecule has 2 atom stereocenters. The van der Waals surface area contributed by atoms with Crippen molar-refractivity contribution in [3.8, 4) is 0 Å². The van der Waals surface area contributed by atoms with Crippen molar-refractivity contribution in [1.82, 2.24) is 10.2 Å². The molecule has 0 aromatic rings. The molecule has 3 N–H and O–H groups in total. The van der Waals surface area contributed by atoms with Gasteiger partial charge in [-0.25, -0.2) is 9.59 Å². The number of rotatable bonds is 7. The van der Waals surface area contributed by atoms with E-state index >= 15 is 0 Å². The van der Waals surface area contributed by atoms with E-state index < -0.39 is 41.5 Å². The highest BCUT2D eigenvalue weighted by atomic mass is 35.5. The summed E-state index contributed by atoms with van der Waals surface area (Å²) in [5, 5.41) is 20.7. The molecule has 0 bridgehead atoms. The van der Waals surface area contributed by atoms with E-state index in [9.17, 15) is 19.5 Å². The Bertz CT molecular complexity index is 395. The van der Waals surface area contributed by atoms with Crippen LogP contribution in [-0.2, 0) is 9.59 Å². The third-order valence-electron chi connectivity index (χ3n) is 2.53. The van der Waals surface area contributed by atoms with Gasteiger partial charge in [-0.3, -0.25) is 9.69 Å². The van der Waals surface area contributed by atoms with Gasteiger partial charge in [0.05, 0.1) is 6.42 Å². The number of carbonyl (C=O) groups excluding carboxylic acids is 1. The summed E-state index contributed by atoms with van der Waals surface area (Å²) in [5.74, 6) is -2.71. The number of carboxylic acid groups (broad SMARTS) is 2. The number of carboxylic acids is 2. The van der Waals surface area contributed by atoms with Gasteiger partial charge < -0.3 is 15.5 Å². The van der Waals surface area contributed by atoms with Crippen molar-refractivity contribution >= 4 is 29.6 Å². The zero-order valence-electron chi connectivity index (χ0n) is 12.7. The Balaban J connectivity index is 5.40. The molecule has 122 valence electrons. The lowest BCUT2D eigenvalue weighted by Gasteiger charge is -2.34. The molecule has 0 saturated heterocycles. The highest BCUT2D eigenvalue weighted by molar-refractivity contribution is 6.21. The second kappa shape index (κ2) is 8.07. The Morgan fingerprint density at radius 2 is 1.76 bits per heavy atom. The van der Waals surface area contributed by atoms with E-state index in [0.29, 0.717) is 12.8 Å². The molecule has 0 aliphatic carbocycles. The fraction of sp³-hybridized carbons (Fsp3) is 0.769. The molecule has 7 nitrogen and oxygen atoms in total. The number of halogens is 1. The van der Waals surface area contributed by atoms with Gasteiger partial charge in [0, 0.05) is 5.54 Å². The van der Waals surface area contributed by atoms with Gasteiger partial charge in [0.15, 0.2) is 0 Å². The van der Waals surface area contributed by atoms with Crippen molar-refractivity contribution < 1.29 is 24.6 Å². The second-order valence-corrected chi connectivity index (χ2v) is 6.27. The summed E-state index contributed by atoms with van der Waals surface area (Å²) in [6, 6.07) is -2.21. The number of nitrogens with one attached hydrogen (secondary N) is 1. The topological polar surface area (TPSA) is 107 Å². The van der Waals surface area contributed by atoms with Crippen LogP contribution in [0.25, 0.3) is 0 Å². The van der Waals surface area contributed by atoms with Gasteiger partial charge in [0.25, 0.3) is 0 Å². The minimum absolute atomic E-state index is 0.364. The second-order valence-electron chi connectivity index (χ2n) is 5.76. The predicted molar refractivity (Wildman–Crippen MR) is 78.3 cm³/mol. The van der Waals surface area contributed by atoms with Crippen LogP contribution in [-0.4, -0.2) is 50.2 Å². The first-order chi connectivity index (χ1) is 9.49. The number of amides is 2. The molecular weight excluding hydrogens is 300 g/mol. The average molecular weight is 323 g/mol. The first-order valence-corrected chi connectivity index (χ1v) is 7.12. The van der Waals surface area contributed by atoms with Gasteiger partial charge in [-0.15, -0.1) is 0 Å². The third-order valence-corrected chi connectivity index (χ3v) is 2.96. The van der Waals surface area contributed by atoms with Gasteiger partial charge >= 0.3 is 18.0 Å². The molecule has 21 heavy (non-hydrogen) atoms. The van der Waals surface area contributed by atoms with E-state index in [4.69, 9.17) is 16.7 Å². The molecule has 0 aromatic carbocycles. The Morgan fingerprint density at radius 3 is 2.10 bits per heavy atom. The molecule has 0 aliphatic rings. The summed E-state index contributed by atoms with van der Waals surface area (Å²) in [4.78, 5) is 35.3. The van der Waals surface area contributed by atoms with Gasteiger partial charge in [-0.1, -0.05) is 24.9 Å². The maximum absolute atomic E-state index is 12.3. The molecule has 0 rings (SSSR count). The molecule has 1 unspecified atom stereocenters. The van der Waals surface area contributed by atoms with Crippen LogP contribution in [0.2, 0.25) is 0 Å². The lowest BCUT2D eigenvalue weighted by atomic mass is 10.1. The molecule has 0 spiro atoms. The lowest BCUT2D eigenvalue weighted by Crippen LogP contribution is -2.57. The van der Waals surface area contributed by atoms with Gasteiger partial charge in [0.2, 0.25) is 0 Å². The standard InChI is InChI=1S/C13H23ClN2O5/c1-5-6-9(14)16(12(21)15-13(2,3)4)8(11(19)20)7-10(17)18/h8-9H,5-7H2,1-4H3,(H,15,21)(H,17,18)(H,19,20)/t8-,9?/m0/s1. The first kappa shape index (κ1) is 19.5. The summed E-state index contributed by atoms with van der Waals surface area (Å²) < 4.78 is 0. The summed E-state index contributed by atoms with van der Waals surface area (Å²) >= 11 is 6.10. The maximum Gasteiger partial charge on any atom is 0.327 e. The number of nitrogens with zero attached hydrogens (tertiary/aromatic N) is 1. The Kier molecular flexibility index (Phi) is 7.49. The molecule has 0 heterocycles. The molecule has 0 aromatic heterocycles. The van der Waals surface area contributed by atoms with Crippen LogP contribution in [0.4, 0.5) is 4.79 Å². The van der Waals surface area contributed by atoms with Crippen molar-refractivity contribution in [2.24, 2.45) is 0 Å². The van der Waals surface area contributed by atoms with Crippen LogP contribution in [0.1, 0.15) is 47.0 Å². The fourth-order valence-electron chi connectivity index (χ4n) is 1.70. The largest absolute Gasteiger partial charge is 0.481 e. The predicted octanol–water partition coefficient (Wildman–Crippen LogP) is 2.09. The van der Waals surface area contributed by atoms with E-state index in [1.165, 1.54) is 0 Å². The fourth-order valence-corrected chi connectivity index (χ4v) is 2.14. The molecule has 0 aliphatic heterocycles. The molecular formula is C13H23ClN2O5. The van der Waals surface area contributed by atoms with E-state index in [0.717, 1.165) is 4.90 Å². The minimum atomic E-state index is -1.51. The van der Waals surface area contributed by atoms with Crippen LogP contribution >= 0.6 is 11.6 Å². The molecule has 0 fully saturated rings. The summed E-state index contributed by atoms with van der Waals surface area (Å²) in [5.41, 5.74) is -1.48. The smallest absolute Gasteiger partial charge is 0.327 e. The first-order valence-electron chi connectivity index (χ1n) is 6.68. The van der Waals surface area contributed by atoms with Gasteiger partial charge in [-0.2, -0.15) is 0 Å². The Hall–Kier alpha value is -1.50. The third kappa shape index (κ3) is 7.17. The van der Waals surface area contributed by atoms with Crippen molar-refractivity contribution in [2.45, 2.75) is 64.0 Å². The van der Waals surface area contributed by atoms with Crippen LogP contribution in [0, 0.1) is 0 Å². The van der Waals surface area contributed by atoms with E-state index in [-0.39, 0.29) is 0 Å². The molecule has 0 saturated carbocycles. The van der Waals surface area contributed by atoms with Crippen LogP contribution < -0.4 is 5.32 Å². The molecule has 2 amide bonds. The van der Waals surface area contributed by atoms with E-state index in [1.807, 2.05) is 6.92 Å². The van der Waals surface area contributed by atoms with Gasteiger partial charge in [-0.05, 0) is 27.2 Å². The monoisotopic (exact) mass is 322 g/mol. The van der Waals surface area contributed by atoms with E-state index in [2.05, 4.69) is 5.32 Å². The summed E-state index contributed by atoms with van der Waals surface area (Å²) in [6.45, 7) is 7.04. The molecule has 8 heteroatoms. The number of aliphatic carboxylic acids is 2. The number of hydrogen-bond donors (Lipinski definition) is 3. The van der Waals surface area contributed by atoms with Crippen molar-refractivity contribution in [3.05, 3.63) is 0 Å². The normalized spacial score (nSPS) is 14.1. The number of carbonyl (C=O) groups is 3. The van der Waals surface area contributed by atoms with Crippen LogP contribution in [0.3, 0.4) is 0 Å². The number of alkyl halides is 1. The zero-order chi connectivity index (χ0) is 16.8. The summed E-state index contributed by atoms with van der Waals surface area (Å²) in [7, 11) is 0. The van der Waals surface area contributed by atoms with E-state index in [1.54, 1.807) is 20.8 Å². The highest BCUT2D eigenvalue weighted by Gasteiger charge is 2.36. The van der Waals surface area contributed by atoms with Gasteiger partial charge in [0.1, 0.15) is 11.5 Å². The Morgan fingerprint density at radius 1 is 1.24 bits per heavy atom. The van der Waals surface area contributed by atoms with Crippen molar-refractivity contribution in [2.75, 3.05) is 0 Å². The zero-order valence-corrected chi connectivity index (χ0v) is 13.5. The molecule has 0 radical (unpaired) electrons. The van der Waals surface area contributed by atoms with Crippen molar-refractivity contribution in [1.29, 1.82) is 0 Å². The van der Waals surface area contributed by atoms with Crippen LogP contribution in [0.5, 0.6) is 0 Å². The number of hydrogen-bond acceptors (Lipinski definition) is 3. The maximum atomic E-state index is 12.3. The highest BCUT2D eigenvalue weighted by Crippen LogP contribution is 2.19. The van der Waals surface area contributed by atoms with Crippen LogP contribution in [0.15, 0.2) is 0 Å². The quantitative estimate of drug-likeness (QED) is 0.491. The minimum Gasteiger partial charge on any atom is -0.481 e.